The van der Waals surface area contributed by atoms with Gasteiger partial charge in [0, 0.05) is 5.75 Å². The number of hydrogen-bond donors (Lipinski definition) is 0. The van der Waals surface area contributed by atoms with E-state index in [2.05, 4.69) is 4.74 Å². The van der Waals surface area contributed by atoms with Crippen molar-refractivity contribution in [2.24, 2.45) is 0 Å². The molecule has 0 aromatic heterocycles. The van der Waals surface area contributed by atoms with E-state index in [0.29, 0.717) is 11.1 Å². The molecule has 0 amide bonds. The molecule has 0 bridgehead atoms. The molecule has 4 nitrogen and oxygen atoms in total. The normalized spacial score (nSPS) is 11.3. The molecule has 0 heterocycles. The molecule has 1 unspecified atom stereocenters. The monoisotopic (exact) mass is 236 g/mol. The first-order chi connectivity index (χ1) is 6.65. The van der Waals surface area contributed by atoms with Crippen LogP contribution in [0.2, 0.25) is 0 Å². The minimum Gasteiger partial charge on any atom is -0.772 e. The van der Waals surface area contributed by atoms with Gasteiger partial charge in [0.1, 0.15) is 0 Å². The molecule has 0 aliphatic rings. The van der Waals surface area contributed by atoms with Crippen LogP contribution in [-0.2, 0) is 21.6 Å². The molecular weight excluding hydrogens is 227 g/mol. The van der Waals surface area contributed by atoms with Crippen LogP contribution in [0, 0.1) is 0 Å². The fourth-order valence-corrected chi connectivity index (χ4v) is 1.59. The molecule has 0 saturated heterocycles. The van der Waals surface area contributed by atoms with E-state index in [1.54, 1.807) is 18.2 Å². The third-order valence-electron chi connectivity index (χ3n) is 1.70. The minimum atomic E-state index is -2.20. The van der Waals surface area contributed by atoms with Crippen molar-refractivity contribution in [1.29, 1.82) is 0 Å². The standard InChI is InChI=1S/C9H10O4S.Na/c1-13-9(10)8-5-3-2-4-7(8)6-14(11)12;/h2-5H,6H2,1H3,(H,11,12);/q;+1/p-1. The Morgan fingerprint density at radius 1 is 1.47 bits per heavy atom. The van der Waals surface area contributed by atoms with Gasteiger partial charge in [-0.15, -0.1) is 0 Å². The van der Waals surface area contributed by atoms with Crippen LogP contribution in [0.15, 0.2) is 24.3 Å². The third kappa shape index (κ3) is 4.44. The van der Waals surface area contributed by atoms with Gasteiger partial charge in [0.05, 0.1) is 12.7 Å². The Morgan fingerprint density at radius 2 is 2.07 bits per heavy atom. The second-order valence-electron chi connectivity index (χ2n) is 2.60. The summed E-state index contributed by atoms with van der Waals surface area (Å²) in [5, 5.41) is 0. The van der Waals surface area contributed by atoms with E-state index in [-0.39, 0.29) is 35.3 Å². The Hall–Kier alpha value is -0.200. The predicted molar refractivity (Wildman–Crippen MR) is 50.4 cm³/mol. The summed E-state index contributed by atoms with van der Waals surface area (Å²) in [6.45, 7) is 0. The molecule has 0 spiro atoms. The second kappa shape index (κ2) is 7.14. The van der Waals surface area contributed by atoms with Crippen LogP contribution in [0.1, 0.15) is 15.9 Å². The minimum absolute atomic E-state index is 0. The molecule has 15 heavy (non-hydrogen) atoms. The first-order valence-electron chi connectivity index (χ1n) is 3.87. The van der Waals surface area contributed by atoms with E-state index < -0.39 is 17.0 Å². The number of hydrogen-bond acceptors (Lipinski definition) is 4. The maximum atomic E-state index is 11.2. The zero-order chi connectivity index (χ0) is 10.6. The van der Waals surface area contributed by atoms with Crippen LogP contribution >= 0.6 is 0 Å². The molecule has 0 saturated carbocycles. The number of carbonyl (C=O) groups excluding carboxylic acids is 1. The largest absolute Gasteiger partial charge is 1.00 e. The maximum Gasteiger partial charge on any atom is 1.00 e. The van der Waals surface area contributed by atoms with Gasteiger partial charge in [0.25, 0.3) is 0 Å². The Kier molecular flexibility index (Phi) is 7.04. The van der Waals surface area contributed by atoms with E-state index in [1.807, 2.05) is 0 Å². The number of esters is 1. The molecule has 1 aromatic rings. The molecular formula is C9H9NaO4S. The summed E-state index contributed by atoms with van der Waals surface area (Å²) in [6, 6.07) is 6.45. The van der Waals surface area contributed by atoms with E-state index >= 15 is 0 Å². The Morgan fingerprint density at radius 3 is 2.60 bits per heavy atom. The van der Waals surface area contributed by atoms with Crippen molar-refractivity contribution in [2.75, 3.05) is 7.11 Å². The molecule has 0 aliphatic carbocycles. The van der Waals surface area contributed by atoms with Crippen molar-refractivity contribution >= 4 is 17.0 Å². The summed E-state index contributed by atoms with van der Waals surface area (Å²) in [6.07, 6.45) is 0. The molecule has 0 N–H and O–H groups in total. The number of methoxy groups -OCH3 is 1. The zero-order valence-corrected chi connectivity index (χ0v) is 11.4. The van der Waals surface area contributed by atoms with E-state index in [4.69, 9.17) is 0 Å². The van der Waals surface area contributed by atoms with Crippen LogP contribution in [0.25, 0.3) is 0 Å². The van der Waals surface area contributed by atoms with E-state index in [0.717, 1.165) is 0 Å². The topological polar surface area (TPSA) is 66.4 Å². The summed E-state index contributed by atoms with van der Waals surface area (Å²) >= 11 is -2.20. The first kappa shape index (κ1) is 14.8. The van der Waals surface area contributed by atoms with Gasteiger partial charge in [-0.25, -0.2) is 4.79 Å². The van der Waals surface area contributed by atoms with Gasteiger partial charge in [-0.05, 0) is 11.6 Å². The van der Waals surface area contributed by atoms with Gasteiger partial charge >= 0.3 is 35.5 Å². The fourth-order valence-electron chi connectivity index (χ4n) is 1.08. The van der Waals surface area contributed by atoms with Gasteiger partial charge < -0.3 is 9.29 Å². The van der Waals surface area contributed by atoms with Crippen molar-refractivity contribution in [3.63, 3.8) is 0 Å². The number of carbonyl (C=O) groups is 1. The summed E-state index contributed by atoms with van der Waals surface area (Å²) in [5.74, 6) is -0.697. The van der Waals surface area contributed by atoms with Crippen LogP contribution in [0.4, 0.5) is 0 Å². The van der Waals surface area contributed by atoms with Crippen molar-refractivity contribution in [1.82, 2.24) is 0 Å². The van der Waals surface area contributed by atoms with Gasteiger partial charge in [-0.2, -0.15) is 0 Å². The van der Waals surface area contributed by atoms with Gasteiger partial charge in [-0.1, -0.05) is 29.3 Å². The van der Waals surface area contributed by atoms with Crippen molar-refractivity contribution in [3.8, 4) is 0 Å². The average molecular weight is 236 g/mol. The quantitative estimate of drug-likeness (QED) is 0.341. The van der Waals surface area contributed by atoms with Crippen LogP contribution in [-0.4, -0.2) is 21.8 Å². The van der Waals surface area contributed by atoms with Crippen LogP contribution in [0.5, 0.6) is 0 Å². The van der Waals surface area contributed by atoms with Crippen molar-refractivity contribution in [2.45, 2.75) is 5.75 Å². The molecule has 0 radical (unpaired) electrons. The van der Waals surface area contributed by atoms with Gasteiger partial charge in [0.2, 0.25) is 0 Å². The zero-order valence-electron chi connectivity index (χ0n) is 8.56. The molecule has 0 fully saturated rings. The van der Waals surface area contributed by atoms with Crippen molar-refractivity contribution < 1.29 is 47.9 Å². The number of benzene rings is 1. The summed E-state index contributed by atoms with van der Waals surface area (Å²) < 4.78 is 25.5. The van der Waals surface area contributed by atoms with Gasteiger partial charge in [-0.3, -0.25) is 4.21 Å². The summed E-state index contributed by atoms with van der Waals surface area (Å²) in [5.41, 5.74) is 0.742. The number of ether oxygens (including phenoxy) is 1. The molecule has 76 valence electrons. The van der Waals surface area contributed by atoms with Gasteiger partial charge in [0.15, 0.2) is 0 Å². The molecule has 0 aliphatic heterocycles. The summed E-state index contributed by atoms with van der Waals surface area (Å²) in [4.78, 5) is 11.2. The smallest absolute Gasteiger partial charge is 0.772 e. The Bertz CT molecular complexity index is 367. The van der Waals surface area contributed by atoms with Crippen LogP contribution in [0.3, 0.4) is 0 Å². The second-order valence-corrected chi connectivity index (χ2v) is 3.49. The predicted octanol–water partition coefficient (Wildman–Crippen LogP) is -2.14. The Labute approximate surface area is 113 Å². The first-order valence-corrected chi connectivity index (χ1v) is 5.11. The molecule has 1 aromatic carbocycles. The number of rotatable bonds is 3. The van der Waals surface area contributed by atoms with Crippen LogP contribution < -0.4 is 29.6 Å². The maximum absolute atomic E-state index is 11.2. The molecule has 1 rings (SSSR count). The molecule has 6 heteroatoms. The van der Waals surface area contributed by atoms with E-state index in [1.165, 1.54) is 13.2 Å². The average Bonchev–Trinajstić information content (AvgIpc) is 2.16. The molecule has 1 atom stereocenters. The third-order valence-corrected chi connectivity index (χ3v) is 2.24. The SMILES string of the molecule is COC(=O)c1ccccc1CS(=O)[O-].[Na+]. The fraction of sp³-hybridized carbons (Fsp3) is 0.222. The van der Waals surface area contributed by atoms with E-state index in [9.17, 15) is 13.6 Å². The van der Waals surface area contributed by atoms with Crippen molar-refractivity contribution in [3.05, 3.63) is 35.4 Å². The Balaban J connectivity index is 0.00000196. The summed E-state index contributed by atoms with van der Waals surface area (Å²) in [7, 11) is 1.26.